The van der Waals surface area contributed by atoms with Gasteiger partial charge in [0.2, 0.25) is 5.91 Å². The Balaban J connectivity index is 1.66. The van der Waals surface area contributed by atoms with Gasteiger partial charge >= 0.3 is 0 Å². The molecule has 1 fully saturated rings. The molecule has 1 aromatic carbocycles. The quantitative estimate of drug-likeness (QED) is 0.938. The van der Waals surface area contributed by atoms with Crippen LogP contribution < -0.4 is 5.32 Å². The number of hydrogen-bond donors (Lipinski definition) is 1. The fourth-order valence-electron chi connectivity index (χ4n) is 2.96. The molecule has 6 nitrogen and oxygen atoms in total. The Morgan fingerprint density at radius 3 is 3.09 bits per heavy atom. The lowest BCUT2D eigenvalue weighted by molar-refractivity contribution is -0.117. The SMILES string of the molecule is Cc1cc([C@@H]2CCCN2CC(=O)Nc2ccccc2C#N)no1. The molecule has 2 heterocycles. The molecular formula is C17H18N4O2. The molecule has 0 bridgehead atoms. The average Bonchev–Trinajstić information content (AvgIpc) is 3.16. The minimum absolute atomic E-state index is 0.115. The molecule has 118 valence electrons. The molecule has 1 aromatic heterocycles. The van der Waals surface area contributed by atoms with E-state index >= 15 is 0 Å². The van der Waals surface area contributed by atoms with E-state index in [4.69, 9.17) is 9.78 Å². The number of hydrogen-bond acceptors (Lipinski definition) is 5. The second-order valence-electron chi connectivity index (χ2n) is 5.70. The molecule has 6 heteroatoms. The minimum atomic E-state index is -0.125. The molecular weight excluding hydrogens is 292 g/mol. The van der Waals surface area contributed by atoms with Gasteiger partial charge in [-0.1, -0.05) is 17.3 Å². The normalized spacial score (nSPS) is 17.8. The summed E-state index contributed by atoms with van der Waals surface area (Å²) in [6, 6.07) is 11.1. The second kappa shape index (κ2) is 6.63. The van der Waals surface area contributed by atoms with Gasteiger partial charge in [-0.3, -0.25) is 9.69 Å². The molecule has 1 N–H and O–H groups in total. The molecule has 0 radical (unpaired) electrons. The van der Waals surface area contributed by atoms with Gasteiger partial charge in [0.1, 0.15) is 17.5 Å². The molecule has 0 spiro atoms. The van der Waals surface area contributed by atoms with E-state index in [9.17, 15) is 4.79 Å². The summed E-state index contributed by atoms with van der Waals surface area (Å²) >= 11 is 0. The van der Waals surface area contributed by atoms with Crippen LogP contribution in [0.3, 0.4) is 0 Å². The van der Waals surface area contributed by atoms with Crippen molar-refractivity contribution < 1.29 is 9.32 Å². The van der Waals surface area contributed by atoms with Crippen LogP contribution in [-0.4, -0.2) is 29.1 Å². The Hall–Kier alpha value is -2.65. The van der Waals surface area contributed by atoms with Gasteiger partial charge < -0.3 is 9.84 Å². The fraction of sp³-hybridized carbons (Fsp3) is 0.353. The maximum Gasteiger partial charge on any atom is 0.238 e. The van der Waals surface area contributed by atoms with Gasteiger partial charge in [0.25, 0.3) is 0 Å². The summed E-state index contributed by atoms with van der Waals surface area (Å²) in [5.41, 5.74) is 1.89. The lowest BCUT2D eigenvalue weighted by Crippen LogP contribution is -2.33. The first-order chi connectivity index (χ1) is 11.2. The van der Waals surface area contributed by atoms with Gasteiger partial charge in [-0.25, -0.2) is 0 Å². The number of benzene rings is 1. The van der Waals surface area contributed by atoms with Gasteiger partial charge in [0, 0.05) is 6.07 Å². The topological polar surface area (TPSA) is 82.2 Å². The average molecular weight is 310 g/mol. The summed E-state index contributed by atoms with van der Waals surface area (Å²) in [4.78, 5) is 14.4. The highest BCUT2D eigenvalue weighted by Crippen LogP contribution is 2.31. The van der Waals surface area contributed by atoms with Crippen LogP contribution >= 0.6 is 0 Å². The zero-order valence-corrected chi connectivity index (χ0v) is 13.0. The van der Waals surface area contributed by atoms with Crippen molar-refractivity contribution in [2.24, 2.45) is 0 Å². The van der Waals surface area contributed by atoms with Crippen molar-refractivity contribution in [2.45, 2.75) is 25.8 Å². The number of para-hydroxylation sites is 1. The van der Waals surface area contributed by atoms with E-state index in [-0.39, 0.29) is 18.5 Å². The third-order valence-corrected chi connectivity index (χ3v) is 4.02. The summed E-state index contributed by atoms with van der Waals surface area (Å²) < 4.78 is 5.14. The van der Waals surface area contributed by atoms with Gasteiger partial charge in [0.15, 0.2) is 0 Å². The maximum absolute atomic E-state index is 12.3. The van der Waals surface area contributed by atoms with Crippen LogP contribution in [0.1, 0.15) is 35.9 Å². The highest BCUT2D eigenvalue weighted by atomic mass is 16.5. The van der Waals surface area contributed by atoms with Crippen molar-refractivity contribution in [1.29, 1.82) is 5.26 Å². The molecule has 2 aromatic rings. The molecule has 0 aliphatic carbocycles. The molecule has 0 unspecified atom stereocenters. The summed E-state index contributed by atoms with van der Waals surface area (Å²) in [5.74, 6) is 0.652. The van der Waals surface area contributed by atoms with Crippen LogP contribution in [0.4, 0.5) is 5.69 Å². The van der Waals surface area contributed by atoms with E-state index in [0.29, 0.717) is 11.3 Å². The molecule has 1 aliphatic rings. The highest BCUT2D eigenvalue weighted by molar-refractivity contribution is 5.93. The van der Waals surface area contributed by atoms with Gasteiger partial charge in [0.05, 0.1) is 23.8 Å². The zero-order chi connectivity index (χ0) is 16.2. The Labute approximate surface area is 134 Å². The number of nitriles is 1. The monoisotopic (exact) mass is 310 g/mol. The molecule has 1 aliphatic heterocycles. The number of likely N-dealkylation sites (tertiary alicyclic amines) is 1. The highest BCUT2D eigenvalue weighted by Gasteiger charge is 2.29. The number of aryl methyl sites for hydroxylation is 1. The Morgan fingerprint density at radius 1 is 1.52 bits per heavy atom. The Kier molecular flexibility index (Phi) is 4.40. The van der Waals surface area contributed by atoms with Gasteiger partial charge in [-0.15, -0.1) is 0 Å². The second-order valence-corrected chi connectivity index (χ2v) is 5.70. The Bertz CT molecular complexity index is 747. The largest absolute Gasteiger partial charge is 0.361 e. The predicted octanol–water partition coefficient (Wildman–Crippen LogP) is 2.63. The van der Waals surface area contributed by atoms with Crippen LogP contribution in [0, 0.1) is 18.3 Å². The first-order valence-corrected chi connectivity index (χ1v) is 7.63. The standard InChI is InChI=1S/C17H18N4O2/c1-12-9-15(20-23-12)16-7-4-8-21(16)11-17(22)19-14-6-3-2-5-13(14)10-18/h2-3,5-6,9,16H,4,7-8,11H2,1H3,(H,19,22)/t16-/m0/s1. The van der Waals surface area contributed by atoms with Crippen LogP contribution in [0.5, 0.6) is 0 Å². The number of carbonyl (C=O) groups excluding carboxylic acids is 1. The zero-order valence-electron chi connectivity index (χ0n) is 13.0. The molecule has 3 rings (SSSR count). The van der Waals surface area contributed by atoms with Crippen LogP contribution in [0.15, 0.2) is 34.9 Å². The maximum atomic E-state index is 12.3. The van der Waals surface area contributed by atoms with Crippen molar-refractivity contribution in [3.63, 3.8) is 0 Å². The molecule has 1 saturated heterocycles. The molecule has 1 amide bonds. The van der Waals surface area contributed by atoms with Crippen molar-refractivity contribution in [2.75, 3.05) is 18.4 Å². The summed E-state index contributed by atoms with van der Waals surface area (Å²) in [6.07, 6.45) is 1.99. The number of nitrogens with one attached hydrogen (secondary N) is 1. The number of amides is 1. The van der Waals surface area contributed by atoms with Crippen LogP contribution in [0.25, 0.3) is 0 Å². The first-order valence-electron chi connectivity index (χ1n) is 7.63. The first kappa shape index (κ1) is 15.3. The van der Waals surface area contributed by atoms with E-state index in [1.54, 1.807) is 24.3 Å². The van der Waals surface area contributed by atoms with E-state index in [1.807, 2.05) is 13.0 Å². The van der Waals surface area contributed by atoms with Gasteiger partial charge in [-0.05, 0) is 38.4 Å². The number of anilines is 1. The lowest BCUT2D eigenvalue weighted by atomic mass is 10.1. The van der Waals surface area contributed by atoms with Crippen molar-refractivity contribution in [3.05, 3.63) is 47.3 Å². The third kappa shape index (κ3) is 3.41. The van der Waals surface area contributed by atoms with Gasteiger partial charge in [-0.2, -0.15) is 5.26 Å². The third-order valence-electron chi connectivity index (χ3n) is 4.02. The van der Waals surface area contributed by atoms with E-state index < -0.39 is 0 Å². The molecule has 1 atom stereocenters. The smallest absolute Gasteiger partial charge is 0.238 e. The predicted molar refractivity (Wildman–Crippen MR) is 84.6 cm³/mol. The summed E-state index contributed by atoms with van der Waals surface area (Å²) in [7, 11) is 0. The minimum Gasteiger partial charge on any atom is -0.361 e. The number of rotatable bonds is 4. The number of nitrogens with zero attached hydrogens (tertiary/aromatic N) is 3. The van der Waals surface area contributed by atoms with E-state index in [0.717, 1.165) is 30.8 Å². The van der Waals surface area contributed by atoms with E-state index in [1.165, 1.54) is 0 Å². The molecule has 0 saturated carbocycles. The van der Waals surface area contributed by atoms with Crippen LogP contribution in [-0.2, 0) is 4.79 Å². The van der Waals surface area contributed by atoms with Crippen molar-refractivity contribution in [1.82, 2.24) is 10.1 Å². The van der Waals surface area contributed by atoms with E-state index in [2.05, 4.69) is 21.4 Å². The number of aromatic nitrogens is 1. The molecule has 23 heavy (non-hydrogen) atoms. The van der Waals surface area contributed by atoms with Crippen molar-refractivity contribution >= 4 is 11.6 Å². The summed E-state index contributed by atoms with van der Waals surface area (Å²) in [6.45, 7) is 2.99. The fourth-order valence-corrected chi connectivity index (χ4v) is 2.96. The Morgan fingerprint density at radius 2 is 2.35 bits per heavy atom. The van der Waals surface area contributed by atoms with Crippen molar-refractivity contribution in [3.8, 4) is 6.07 Å². The lowest BCUT2D eigenvalue weighted by Gasteiger charge is -2.22. The number of carbonyl (C=O) groups is 1. The van der Waals surface area contributed by atoms with Crippen LogP contribution in [0.2, 0.25) is 0 Å². The summed E-state index contributed by atoms with van der Waals surface area (Å²) in [5, 5.41) is 16.0.